The van der Waals surface area contributed by atoms with Crippen LogP contribution in [0.4, 0.5) is 0 Å². The van der Waals surface area contributed by atoms with Crippen LogP contribution in [0.1, 0.15) is 13.8 Å². The van der Waals surface area contributed by atoms with Crippen molar-refractivity contribution < 1.29 is 18.9 Å². The molecule has 0 spiro atoms. The Bertz CT molecular complexity index is 167. The highest BCUT2D eigenvalue weighted by atomic mass is 16.7. The number of ether oxygens (including phenoxy) is 4. The van der Waals surface area contributed by atoms with Gasteiger partial charge in [-0.15, -0.1) is 6.58 Å². The molecule has 0 aliphatic carbocycles. The fourth-order valence-corrected chi connectivity index (χ4v) is 1.13. The van der Waals surface area contributed by atoms with E-state index < -0.39 is 5.79 Å². The molecule has 0 amide bonds. The smallest absolute Gasteiger partial charge is 0.163 e. The van der Waals surface area contributed by atoms with Crippen LogP contribution >= 0.6 is 0 Å². The van der Waals surface area contributed by atoms with Crippen LogP contribution in [0.3, 0.4) is 0 Å². The summed E-state index contributed by atoms with van der Waals surface area (Å²) in [6.07, 6.45) is 1.84. The van der Waals surface area contributed by atoms with E-state index in [-0.39, 0.29) is 6.10 Å². The molecule has 2 saturated heterocycles. The summed E-state index contributed by atoms with van der Waals surface area (Å²) in [7, 11) is 0. The van der Waals surface area contributed by atoms with Crippen LogP contribution in [0.5, 0.6) is 0 Å². The molecular weight excluding hydrogens is 184 g/mol. The normalized spacial score (nSPS) is 29.4. The third kappa shape index (κ3) is 4.19. The average Bonchev–Trinajstić information content (AvgIpc) is 2.76. The van der Waals surface area contributed by atoms with Crippen molar-refractivity contribution in [1.82, 2.24) is 0 Å². The van der Waals surface area contributed by atoms with E-state index >= 15 is 0 Å². The number of rotatable bonds is 1. The lowest BCUT2D eigenvalue weighted by Gasteiger charge is -2.15. The topological polar surface area (TPSA) is 36.9 Å². The van der Waals surface area contributed by atoms with Crippen molar-refractivity contribution >= 4 is 0 Å². The maximum Gasteiger partial charge on any atom is 0.163 e. The van der Waals surface area contributed by atoms with Gasteiger partial charge in [-0.25, -0.2) is 0 Å². The monoisotopic (exact) mass is 202 g/mol. The molecule has 0 N–H and O–H groups in total. The molecule has 1 atom stereocenters. The minimum atomic E-state index is -0.404. The minimum absolute atomic E-state index is 0.0833. The van der Waals surface area contributed by atoms with E-state index in [0.717, 1.165) is 13.2 Å². The molecule has 0 bridgehead atoms. The maximum atomic E-state index is 5.36. The Morgan fingerprint density at radius 3 is 2.14 bits per heavy atom. The Kier molecular flexibility index (Phi) is 4.54. The highest BCUT2D eigenvalue weighted by Crippen LogP contribution is 2.22. The van der Waals surface area contributed by atoms with E-state index in [4.69, 9.17) is 18.9 Å². The molecule has 4 heteroatoms. The summed E-state index contributed by atoms with van der Waals surface area (Å²) in [5, 5.41) is 0. The van der Waals surface area contributed by atoms with Gasteiger partial charge in [0.1, 0.15) is 12.9 Å². The fraction of sp³-hybridized carbons (Fsp3) is 0.800. The van der Waals surface area contributed by atoms with Crippen LogP contribution in [0, 0.1) is 0 Å². The number of hydrogen-bond donors (Lipinski definition) is 0. The molecule has 2 aliphatic heterocycles. The standard InChI is InChI=1S/C7H12O2.C3H6O2/c1-4-6-5-8-7(2,3)9-6;1-2-5-3-4-1/h4,6H,1,5H2,2-3H3;1-3H2. The quantitative estimate of drug-likeness (QED) is 0.601. The van der Waals surface area contributed by atoms with Gasteiger partial charge in [0.2, 0.25) is 0 Å². The lowest BCUT2D eigenvalue weighted by Crippen LogP contribution is -2.20. The Balaban J connectivity index is 0.000000165. The van der Waals surface area contributed by atoms with Gasteiger partial charge in [-0.1, -0.05) is 6.08 Å². The van der Waals surface area contributed by atoms with Crippen LogP contribution in [-0.4, -0.2) is 38.5 Å². The van der Waals surface area contributed by atoms with Crippen molar-refractivity contribution in [2.45, 2.75) is 25.7 Å². The second kappa shape index (κ2) is 5.46. The molecule has 0 saturated carbocycles. The van der Waals surface area contributed by atoms with Gasteiger partial charge >= 0.3 is 0 Å². The molecule has 0 radical (unpaired) electrons. The molecule has 0 aromatic heterocycles. The second-order valence-corrected chi connectivity index (χ2v) is 3.54. The van der Waals surface area contributed by atoms with E-state index in [1.54, 1.807) is 6.08 Å². The van der Waals surface area contributed by atoms with Gasteiger partial charge in [-0.2, -0.15) is 0 Å². The first kappa shape index (κ1) is 11.7. The highest BCUT2D eigenvalue weighted by Gasteiger charge is 2.30. The van der Waals surface area contributed by atoms with E-state index in [0.29, 0.717) is 13.4 Å². The van der Waals surface area contributed by atoms with Crippen molar-refractivity contribution in [3.63, 3.8) is 0 Å². The Hall–Kier alpha value is -0.420. The molecule has 2 aliphatic rings. The van der Waals surface area contributed by atoms with E-state index in [9.17, 15) is 0 Å². The van der Waals surface area contributed by atoms with E-state index in [1.807, 2.05) is 13.8 Å². The lowest BCUT2D eigenvalue weighted by molar-refractivity contribution is -0.133. The van der Waals surface area contributed by atoms with Gasteiger partial charge < -0.3 is 18.9 Å². The first-order valence-electron chi connectivity index (χ1n) is 4.74. The Morgan fingerprint density at radius 2 is 1.93 bits per heavy atom. The van der Waals surface area contributed by atoms with Gasteiger partial charge in [0.05, 0.1) is 19.8 Å². The van der Waals surface area contributed by atoms with Crippen molar-refractivity contribution in [2.75, 3.05) is 26.6 Å². The zero-order valence-corrected chi connectivity index (χ0v) is 8.82. The Morgan fingerprint density at radius 1 is 1.29 bits per heavy atom. The average molecular weight is 202 g/mol. The van der Waals surface area contributed by atoms with Crippen LogP contribution in [0.2, 0.25) is 0 Å². The van der Waals surface area contributed by atoms with Gasteiger partial charge in [0.15, 0.2) is 5.79 Å². The third-order valence-electron chi connectivity index (χ3n) is 1.83. The summed E-state index contributed by atoms with van der Waals surface area (Å²) in [5.74, 6) is -0.404. The summed E-state index contributed by atoms with van der Waals surface area (Å²) >= 11 is 0. The summed E-state index contributed by atoms with van der Waals surface area (Å²) in [5.41, 5.74) is 0. The van der Waals surface area contributed by atoms with Gasteiger partial charge in [0.25, 0.3) is 0 Å². The van der Waals surface area contributed by atoms with E-state index in [1.165, 1.54) is 0 Å². The molecule has 0 aromatic carbocycles. The van der Waals surface area contributed by atoms with Crippen molar-refractivity contribution in [3.05, 3.63) is 12.7 Å². The third-order valence-corrected chi connectivity index (χ3v) is 1.83. The molecule has 4 nitrogen and oxygen atoms in total. The van der Waals surface area contributed by atoms with Gasteiger partial charge in [0, 0.05) is 0 Å². The number of hydrogen-bond acceptors (Lipinski definition) is 4. The zero-order valence-electron chi connectivity index (χ0n) is 8.82. The Labute approximate surface area is 84.8 Å². The molecule has 2 heterocycles. The molecule has 2 fully saturated rings. The zero-order chi connectivity index (χ0) is 10.4. The minimum Gasteiger partial charge on any atom is -0.353 e. The van der Waals surface area contributed by atoms with Crippen molar-refractivity contribution in [1.29, 1.82) is 0 Å². The molecule has 0 aromatic rings. The van der Waals surface area contributed by atoms with Crippen molar-refractivity contribution in [3.8, 4) is 0 Å². The summed E-state index contributed by atoms with van der Waals surface area (Å²) < 4.78 is 20.1. The molecule has 1 unspecified atom stereocenters. The van der Waals surface area contributed by atoms with Crippen molar-refractivity contribution in [2.24, 2.45) is 0 Å². The summed E-state index contributed by atoms with van der Waals surface area (Å²) in [4.78, 5) is 0. The van der Waals surface area contributed by atoms with Crippen LogP contribution < -0.4 is 0 Å². The summed E-state index contributed by atoms with van der Waals surface area (Å²) in [6.45, 7) is 10.1. The first-order valence-corrected chi connectivity index (χ1v) is 4.74. The molecule has 14 heavy (non-hydrogen) atoms. The summed E-state index contributed by atoms with van der Waals surface area (Å²) in [6, 6.07) is 0. The predicted molar refractivity (Wildman–Crippen MR) is 51.9 cm³/mol. The SMILES string of the molecule is C1COCO1.C=CC1COC(C)(C)O1. The second-order valence-electron chi connectivity index (χ2n) is 3.54. The largest absolute Gasteiger partial charge is 0.353 e. The maximum absolute atomic E-state index is 5.36. The van der Waals surface area contributed by atoms with Crippen LogP contribution in [0.15, 0.2) is 12.7 Å². The van der Waals surface area contributed by atoms with Gasteiger partial charge in [-0.05, 0) is 13.8 Å². The lowest BCUT2D eigenvalue weighted by atomic mass is 10.4. The fourth-order valence-electron chi connectivity index (χ4n) is 1.13. The van der Waals surface area contributed by atoms with Gasteiger partial charge in [-0.3, -0.25) is 0 Å². The molecule has 82 valence electrons. The van der Waals surface area contributed by atoms with Crippen LogP contribution in [0.25, 0.3) is 0 Å². The van der Waals surface area contributed by atoms with E-state index in [2.05, 4.69) is 6.58 Å². The molecule has 2 rings (SSSR count). The highest BCUT2D eigenvalue weighted by molar-refractivity contribution is 4.85. The predicted octanol–water partition coefficient (Wildman–Crippen LogP) is 1.31. The van der Waals surface area contributed by atoms with Crippen LogP contribution in [-0.2, 0) is 18.9 Å². The first-order chi connectivity index (χ1) is 6.64. The molecular formula is C10H18O4.